The maximum Gasteiger partial charge on any atom is 0.231 e. The molecule has 0 spiro atoms. The fourth-order valence-electron chi connectivity index (χ4n) is 5.54. The second kappa shape index (κ2) is 5.35. The highest BCUT2D eigenvalue weighted by Crippen LogP contribution is 2.60. The van der Waals surface area contributed by atoms with E-state index in [0.29, 0.717) is 6.79 Å². The summed E-state index contributed by atoms with van der Waals surface area (Å²) in [4.78, 5) is 0. The molecule has 0 unspecified atom stereocenters. The topological polar surface area (TPSA) is 27.7 Å². The lowest BCUT2D eigenvalue weighted by Crippen LogP contribution is -2.06. The molecular weight excluding hydrogens is 372 g/mol. The van der Waals surface area contributed by atoms with Crippen LogP contribution in [0.1, 0.15) is 56.7 Å². The Morgan fingerprint density at radius 1 is 0.567 bits per heavy atom. The Morgan fingerprint density at radius 2 is 0.967 bits per heavy atom. The summed E-state index contributed by atoms with van der Waals surface area (Å²) < 4.78 is 18.0. The SMILES string of the molecule is Cc1cc2c3c(c4cc(C)c(C)cc4c2cc1C)[C@H]1O[C@@H]3c2cc3c(cc21)OCO3. The molecule has 0 saturated heterocycles. The molecule has 3 aliphatic rings. The first kappa shape index (κ1) is 16.7. The van der Waals surface area contributed by atoms with Crippen molar-refractivity contribution in [1.29, 1.82) is 0 Å². The molecule has 148 valence electrons. The largest absolute Gasteiger partial charge is 0.454 e. The van der Waals surface area contributed by atoms with Crippen LogP contribution < -0.4 is 9.47 Å². The van der Waals surface area contributed by atoms with E-state index in [9.17, 15) is 0 Å². The first-order valence-corrected chi connectivity index (χ1v) is 10.6. The molecule has 0 N–H and O–H groups in total. The molecule has 4 aromatic carbocycles. The van der Waals surface area contributed by atoms with Crippen LogP contribution in [0.5, 0.6) is 11.5 Å². The Labute approximate surface area is 175 Å². The van der Waals surface area contributed by atoms with Crippen LogP contribution >= 0.6 is 0 Å². The van der Waals surface area contributed by atoms with Crippen LogP contribution in [0.25, 0.3) is 21.5 Å². The van der Waals surface area contributed by atoms with Gasteiger partial charge in [0.25, 0.3) is 0 Å². The third kappa shape index (κ3) is 1.89. The van der Waals surface area contributed by atoms with Crippen molar-refractivity contribution in [2.24, 2.45) is 0 Å². The number of ether oxygens (including phenoxy) is 3. The van der Waals surface area contributed by atoms with Gasteiger partial charge in [0.1, 0.15) is 12.2 Å². The Balaban J connectivity index is 1.64. The van der Waals surface area contributed by atoms with Crippen molar-refractivity contribution in [3.8, 4) is 11.5 Å². The summed E-state index contributed by atoms with van der Waals surface area (Å²) in [5.41, 5.74) is 10.4. The van der Waals surface area contributed by atoms with Crippen molar-refractivity contribution in [2.75, 3.05) is 6.79 Å². The summed E-state index contributed by atoms with van der Waals surface area (Å²) in [7, 11) is 0. The second-order valence-corrected chi connectivity index (χ2v) is 9.02. The van der Waals surface area contributed by atoms with Crippen LogP contribution in [-0.2, 0) is 4.74 Å². The minimum Gasteiger partial charge on any atom is -0.454 e. The molecule has 0 aliphatic carbocycles. The van der Waals surface area contributed by atoms with Crippen LogP contribution in [0.2, 0.25) is 0 Å². The molecule has 0 aromatic heterocycles. The number of hydrogen-bond donors (Lipinski definition) is 0. The lowest BCUT2D eigenvalue weighted by Gasteiger charge is -2.22. The molecule has 7 rings (SSSR count). The summed E-state index contributed by atoms with van der Waals surface area (Å²) in [6, 6.07) is 13.7. The number of benzene rings is 4. The third-order valence-corrected chi connectivity index (χ3v) is 7.37. The fraction of sp³-hybridized carbons (Fsp3) is 0.259. The average Bonchev–Trinajstić information content (AvgIpc) is 3.42. The van der Waals surface area contributed by atoms with Crippen LogP contribution in [0.4, 0.5) is 0 Å². The molecular formula is C27H22O3. The maximum atomic E-state index is 6.64. The van der Waals surface area contributed by atoms with Crippen molar-refractivity contribution in [3.63, 3.8) is 0 Å². The summed E-state index contributed by atoms with van der Waals surface area (Å²) >= 11 is 0. The molecule has 3 aliphatic heterocycles. The molecule has 4 aromatic rings. The Bertz CT molecular complexity index is 1340. The van der Waals surface area contributed by atoms with Crippen LogP contribution in [0.3, 0.4) is 0 Å². The van der Waals surface area contributed by atoms with E-state index in [2.05, 4.69) is 64.1 Å². The van der Waals surface area contributed by atoms with Gasteiger partial charge in [-0.25, -0.2) is 0 Å². The minimum atomic E-state index is -0.0508. The number of aryl methyl sites for hydroxylation is 4. The summed E-state index contributed by atoms with van der Waals surface area (Å²) in [5.74, 6) is 1.66. The van der Waals surface area contributed by atoms with E-state index >= 15 is 0 Å². The van der Waals surface area contributed by atoms with Gasteiger partial charge >= 0.3 is 0 Å². The summed E-state index contributed by atoms with van der Waals surface area (Å²) in [5, 5.41) is 5.29. The van der Waals surface area contributed by atoms with Crippen LogP contribution in [0, 0.1) is 27.7 Å². The van der Waals surface area contributed by atoms with Crippen molar-refractivity contribution < 1.29 is 14.2 Å². The molecule has 30 heavy (non-hydrogen) atoms. The molecule has 3 heterocycles. The highest BCUT2D eigenvalue weighted by molar-refractivity contribution is 6.13. The molecule has 2 atom stereocenters. The first-order chi connectivity index (χ1) is 14.5. The zero-order chi connectivity index (χ0) is 20.3. The predicted octanol–water partition coefficient (Wildman–Crippen LogP) is 6.48. The Morgan fingerprint density at radius 3 is 1.40 bits per heavy atom. The van der Waals surface area contributed by atoms with E-state index in [1.807, 2.05) is 0 Å². The molecule has 0 saturated carbocycles. The molecule has 0 fully saturated rings. The van der Waals surface area contributed by atoms with Crippen molar-refractivity contribution in [2.45, 2.75) is 39.9 Å². The third-order valence-electron chi connectivity index (χ3n) is 7.37. The summed E-state index contributed by atoms with van der Waals surface area (Å²) in [6.45, 7) is 9.10. The van der Waals surface area contributed by atoms with Gasteiger partial charge in [-0.05, 0) is 106 Å². The molecule has 0 radical (unpaired) electrons. The van der Waals surface area contributed by atoms with E-state index in [1.165, 1.54) is 66.1 Å². The number of rotatable bonds is 0. The van der Waals surface area contributed by atoms with E-state index in [4.69, 9.17) is 14.2 Å². The van der Waals surface area contributed by atoms with Gasteiger partial charge in [0, 0.05) is 0 Å². The van der Waals surface area contributed by atoms with Crippen molar-refractivity contribution >= 4 is 21.5 Å². The van der Waals surface area contributed by atoms with Crippen molar-refractivity contribution in [3.05, 3.63) is 80.9 Å². The molecule has 0 amide bonds. The highest BCUT2D eigenvalue weighted by Gasteiger charge is 2.46. The van der Waals surface area contributed by atoms with Gasteiger partial charge in [0.2, 0.25) is 6.79 Å². The van der Waals surface area contributed by atoms with Gasteiger partial charge in [-0.2, -0.15) is 0 Å². The van der Waals surface area contributed by atoms with E-state index in [-0.39, 0.29) is 12.2 Å². The lowest BCUT2D eigenvalue weighted by atomic mass is 9.79. The number of hydrogen-bond acceptors (Lipinski definition) is 3. The second-order valence-electron chi connectivity index (χ2n) is 9.02. The maximum absolute atomic E-state index is 6.64. The monoisotopic (exact) mass is 394 g/mol. The normalized spacial score (nSPS) is 20.3. The predicted molar refractivity (Wildman–Crippen MR) is 118 cm³/mol. The lowest BCUT2D eigenvalue weighted by molar-refractivity contribution is 0.0862. The minimum absolute atomic E-state index is 0.0508. The quantitative estimate of drug-likeness (QED) is 0.320. The zero-order valence-corrected chi connectivity index (χ0v) is 17.6. The Hall–Kier alpha value is -3.04. The first-order valence-electron chi connectivity index (χ1n) is 10.6. The molecule has 3 nitrogen and oxygen atoms in total. The van der Waals surface area contributed by atoms with Crippen LogP contribution in [-0.4, -0.2) is 6.79 Å². The Kier molecular flexibility index (Phi) is 2.98. The van der Waals surface area contributed by atoms with Gasteiger partial charge in [0.15, 0.2) is 11.5 Å². The smallest absolute Gasteiger partial charge is 0.231 e. The van der Waals surface area contributed by atoms with E-state index in [0.717, 1.165) is 11.5 Å². The van der Waals surface area contributed by atoms with Crippen molar-refractivity contribution in [1.82, 2.24) is 0 Å². The summed E-state index contributed by atoms with van der Waals surface area (Å²) in [6.07, 6.45) is -0.102. The van der Waals surface area contributed by atoms with Gasteiger partial charge < -0.3 is 14.2 Å². The van der Waals surface area contributed by atoms with Gasteiger partial charge in [-0.3, -0.25) is 0 Å². The standard InChI is InChI=1S/C27H22O3/c1-12-5-16-17-6-13(2)15(4)8-19(17)25-24(18(16)7-14(12)3)26-20-9-22-23(29-11-28-22)10-21(20)27(25)30-26/h5-10,26-27H,11H2,1-4H3/t26-,27+. The van der Waals surface area contributed by atoms with E-state index < -0.39 is 0 Å². The van der Waals surface area contributed by atoms with Gasteiger partial charge in [0.05, 0.1) is 0 Å². The van der Waals surface area contributed by atoms with Crippen LogP contribution in [0.15, 0.2) is 36.4 Å². The fourth-order valence-corrected chi connectivity index (χ4v) is 5.54. The zero-order valence-electron chi connectivity index (χ0n) is 17.6. The van der Waals surface area contributed by atoms with Gasteiger partial charge in [-0.15, -0.1) is 0 Å². The van der Waals surface area contributed by atoms with Gasteiger partial charge in [-0.1, -0.05) is 24.3 Å². The molecule has 3 heteroatoms. The van der Waals surface area contributed by atoms with E-state index in [1.54, 1.807) is 0 Å². The average molecular weight is 394 g/mol. The highest BCUT2D eigenvalue weighted by atomic mass is 16.7. The number of fused-ring (bicyclic) bond motifs is 14. The molecule has 2 bridgehead atoms.